The smallest absolute Gasteiger partial charge is 0.246 e. The van der Waals surface area contributed by atoms with Crippen molar-refractivity contribution in [2.24, 2.45) is 17.6 Å². The van der Waals surface area contributed by atoms with Gasteiger partial charge < -0.3 is 21.3 Å². The first-order chi connectivity index (χ1) is 11.3. The van der Waals surface area contributed by atoms with Crippen LogP contribution in [0.4, 0.5) is 0 Å². The second-order valence-electron chi connectivity index (χ2n) is 7.40. The van der Waals surface area contributed by atoms with Gasteiger partial charge in [0.05, 0.1) is 6.04 Å². The van der Waals surface area contributed by atoms with Gasteiger partial charge in [-0.1, -0.05) is 13.8 Å². The summed E-state index contributed by atoms with van der Waals surface area (Å²) in [5.41, 5.74) is 5.59. The molecule has 0 spiro atoms. The fourth-order valence-electron chi connectivity index (χ4n) is 2.96. The van der Waals surface area contributed by atoms with Crippen molar-refractivity contribution in [2.45, 2.75) is 64.6 Å². The zero-order valence-corrected chi connectivity index (χ0v) is 14.9. The molecule has 1 saturated carbocycles. The van der Waals surface area contributed by atoms with E-state index in [0.717, 1.165) is 6.42 Å². The van der Waals surface area contributed by atoms with E-state index in [1.807, 2.05) is 13.8 Å². The minimum Gasteiger partial charge on any atom is -0.354 e. The fraction of sp³-hybridized carbons (Fsp3) is 0.824. The Morgan fingerprint density at radius 3 is 2.38 bits per heavy atom. The average Bonchev–Trinajstić information content (AvgIpc) is 3.22. The average molecular weight is 338 g/mol. The van der Waals surface area contributed by atoms with Crippen LogP contribution >= 0.6 is 0 Å². The van der Waals surface area contributed by atoms with Crippen LogP contribution in [0.3, 0.4) is 0 Å². The molecule has 1 aliphatic carbocycles. The van der Waals surface area contributed by atoms with Gasteiger partial charge in [0.1, 0.15) is 12.1 Å². The van der Waals surface area contributed by atoms with Crippen molar-refractivity contribution in [3.05, 3.63) is 0 Å². The number of nitrogens with two attached hydrogens (primary N) is 1. The number of rotatable bonds is 7. The molecule has 0 bridgehead atoms. The van der Waals surface area contributed by atoms with Crippen molar-refractivity contribution in [3.63, 3.8) is 0 Å². The molecule has 2 fully saturated rings. The maximum atomic E-state index is 12.9. The third-order valence-corrected chi connectivity index (χ3v) is 4.74. The molecule has 2 aliphatic rings. The number of hydrogen-bond acceptors (Lipinski definition) is 4. The molecular weight excluding hydrogens is 308 g/mol. The van der Waals surface area contributed by atoms with E-state index >= 15 is 0 Å². The highest BCUT2D eigenvalue weighted by Gasteiger charge is 2.39. The Hall–Kier alpha value is -1.63. The van der Waals surface area contributed by atoms with Gasteiger partial charge in [-0.15, -0.1) is 0 Å². The number of nitrogens with zero attached hydrogens (tertiary/aromatic N) is 1. The standard InChI is InChI=1S/C17H30N4O3/c1-10(2)14(20-15(22)11(3)18)17(24)21-8-4-5-13(21)16(23)19-9-12-6-7-12/h10-14H,4-9,18H2,1-3H3,(H,19,23)(H,20,22). The van der Waals surface area contributed by atoms with Crippen LogP contribution in [0, 0.1) is 11.8 Å². The van der Waals surface area contributed by atoms with Gasteiger partial charge in [-0.05, 0) is 44.4 Å². The number of hydrogen-bond donors (Lipinski definition) is 3. The van der Waals surface area contributed by atoms with E-state index in [0.29, 0.717) is 25.4 Å². The van der Waals surface area contributed by atoms with Crippen molar-refractivity contribution in [2.75, 3.05) is 13.1 Å². The molecule has 3 unspecified atom stereocenters. The predicted molar refractivity (Wildman–Crippen MR) is 90.9 cm³/mol. The van der Waals surface area contributed by atoms with Crippen molar-refractivity contribution in [1.82, 2.24) is 15.5 Å². The lowest BCUT2D eigenvalue weighted by Crippen LogP contribution is -2.57. The molecule has 0 radical (unpaired) electrons. The highest BCUT2D eigenvalue weighted by Crippen LogP contribution is 2.28. The Labute approximate surface area is 143 Å². The summed E-state index contributed by atoms with van der Waals surface area (Å²) in [7, 11) is 0. The van der Waals surface area contributed by atoms with Gasteiger partial charge in [0, 0.05) is 13.1 Å². The van der Waals surface area contributed by atoms with Crippen molar-refractivity contribution >= 4 is 17.7 Å². The highest BCUT2D eigenvalue weighted by atomic mass is 16.2. The summed E-state index contributed by atoms with van der Waals surface area (Å²) in [6, 6.07) is -1.75. The van der Waals surface area contributed by atoms with Gasteiger partial charge in [0.2, 0.25) is 17.7 Å². The van der Waals surface area contributed by atoms with E-state index in [1.54, 1.807) is 11.8 Å². The molecule has 3 amide bonds. The largest absolute Gasteiger partial charge is 0.354 e. The molecule has 4 N–H and O–H groups in total. The van der Waals surface area contributed by atoms with Gasteiger partial charge in [-0.2, -0.15) is 0 Å². The Morgan fingerprint density at radius 2 is 1.83 bits per heavy atom. The molecule has 2 rings (SSSR count). The molecule has 7 nitrogen and oxygen atoms in total. The Kier molecular flexibility index (Phi) is 6.21. The van der Waals surface area contributed by atoms with Crippen LogP contribution in [0.15, 0.2) is 0 Å². The fourth-order valence-corrected chi connectivity index (χ4v) is 2.96. The van der Waals surface area contributed by atoms with Crippen LogP contribution in [0.25, 0.3) is 0 Å². The van der Waals surface area contributed by atoms with Crippen LogP contribution in [0.2, 0.25) is 0 Å². The van der Waals surface area contributed by atoms with Crippen LogP contribution in [0.1, 0.15) is 46.5 Å². The molecule has 0 aromatic carbocycles. The first kappa shape index (κ1) is 18.7. The molecule has 24 heavy (non-hydrogen) atoms. The predicted octanol–water partition coefficient (Wildman–Crippen LogP) is -0.00840. The summed E-state index contributed by atoms with van der Waals surface area (Å²) in [5, 5.41) is 5.68. The zero-order chi connectivity index (χ0) is 17.9. The lowest BCUT2D eigenvalue weighted by Gasteiger charge is -2.30. The Bertz CT molecular complexity index is 488. The van der Waals surface area contributed by atoms with E-state index in [4.69, 9.17) is 5.73 Å². The summed E-state index contributed by atoms with van der Waals surface area (Å²) in [6.07, 6.45) is 3.83. The van der Waals surface area contributed by atoms with Crippen molar-refractivity contribution < 1.29 is 14.4 Å². The zero-order valence-electron chi connectivity index (χ0n) is 14.9. The summed E-state index contributed by atoms with van der Waals surface area (Å²) in [6.45, 7) is 6.59. The maximum Gasteiger partial charge on any atom is 0.246 e. The normalized spacial score (nSPS) is 23.0. The van der Waals surface area contributed by atoms with Crippen LogP contribution < -0.4 is 16.4 Å². The first-order valence-corrected chi connectivity index (χ1v) is 8.95. The van der Waals surface area contributed by atoms with Crippen LogP contribution in [-0.2, 0) is 14.4 Å². The summed E-state index contributed by atoms with van der Waals surface area (Å²) < 4.78 is 0. The lowest BCUT2D eigenvalue weighted by molar-refractivity contribution is -0.142. The minimum absolute atomic E-state index is 0.0732. The number of nitrogens with one attached hydrogen (secondary N) is 2. The second kappa shape index (κ2) is 7.96. The number of carbonyl (C=O) groups is 3. The molecule has 1 heterocycles. The molecule has 1 aliphatic heterocycles. The second-order valence-corrected chi connectivity index (χ2v) is 7.40. The van der Waals surface area contributed by atoms with Gasteiger partial charge in [-0.3, -0.25) is 14.4 Å². The third-order valence-electron chi connectivity index (χ3n) is 4.74. The SMILES string of the molecule is CC(N)C(=O)NC(C(=O)N1CCCC1C(=O)NCC1CC1)C(C)C. The molecular formula is C17H30N4O3. The molecule has 0 aromatic heterocycles. The molecule has 0 aromatic rings. The maximum absolute atomic E-state index is 12.9. The van der Waals surface area contributed by atoms with Gasteiger partial charge in [0.15, 0.2) is 0 Å². The van der Waals surface area contributed by atoms with Crippen molar-refractivity contribution in [3.8, 4) is 0 Å². The lowest BCUT2D eigenvalue weighted by atomic mass is 10.0. The molecule has 3 atom stereocenters. The topological polar surface area (TPSA) is 105 Å². The highest BCUT2D eigenvalue weighted by molar-refractivity contribution is 5.93. The summed E-state index contributed by atoms with van der Waals surface area (Å²) in [4.78, 5) is 38.8. The van der Waals surface area contributed by atoms with Crippen molar-refractivity contribution in [1.29, 1.82) is 0 Å². The van der Waals surface area contributed by atoms with E-state index in [-0.39, 0.29) is 23.6 Å². The van der Waals surface area contributed by atoms with Gasteiger partial charge in [0.25, 0.3) is 0 Å². The molecule has 7 heteroatoms. The summed E-state index contributed by atoms with van der Waals surface area (Å²) in [5.74, 6) is -0.0861. The van der Waals surface area contributed by atoms with Crippen LogP contribution in [0.5, 0.6) is 0 Å². The van der Waals surface area contributed by atoms with Gasteiger partial charge in [-0.25, -0.2) is 0 Å². The Morgan fingerprint density at radius 1 is 1.17 bits per heavy atom. The van der Waals surface area contributed by atoms with E-state index < -0.39 is 18.1 Å². The third kappa shape index (κ3) is 4.69. The monoisotopic (exact) mass is 338 g/mol. The summed E-state index contributed by atoms with van der Waals surface area (Å²) >= 11 is 0. The van der Waals surface area contributed by atoms with Gasteiger partial charge >= 0.3 is 0 Å². The number of likely N-dealkylation sites (tertiary alicyclic amines) is 1. The first-order valence-electron chi connectivity index (χ1n) is 8.95. The van der Waals surface area contributed by atoms with E-state index in [9.17, 15) is 14.4 Å². The molecule has 1 saturated heterocycles. The van der Waals surface area contributed by atoms with E-state index in [2.05, 4.69) is 10.6 Å². The quantitative estimate of drug-likeness (QED) is 0.607. The minimum atomic E-state index is -0.671. The number of carbonyl (C=O) groups excluding carboxylic acids is 3. The molecule has 136 valence electrons. The van der Waals surface area contributed by atoms with E-state index in [1.165, 1.54) is 12.8 Å². The Balaban J connectivity index is 2.00. The van der Waals surface area contributed by atoms with Crippen LogP contribution in [-0.4, -0.2) is 53.8 Å². The number of amides is 3.